The maximum absolute atomic E-state index is 13.8. The number of anilines is 2. The first-order chi connectivity index (χ1) is 11.5. The summed E-state index contributed by atoms with van der Waals surface area (Å²) in [4.78, 5) is 23.3. The van der Waals surface area contributed by atoms with Crippen molar-refractivity contribution in [3.8, 4) is 0 Å². The lowest BCUT2D eigenvalue weighted by molar-refractivity contribution is -0.117. The van der Waals surface area contributed by atoms with Crippen molar-refractivity contribution in [2.24, 2.45) is 5.92 Å². The third-order valence-corrected chi connectivity index (χ3v) is 3.98. The molecule has 2 amide bonds. The zero-order chi connectivity index (χ0) is 17.3. The SMILES string of the molecule is CC(=O)Nc1ccc(F)c(NC(=O)C2CC2c2ccccc2F)c1. The Balaban J connectivity index is 1.70. The Morgan fingerprint density at radius 3 is 2.50 bits per heavy atom. The summed E-state index contributed by atoms with van der Waals surface area (Å²) in [5, 5.41) is 5.04. The van der Waals surface area contributed by atoms with Gasteiger partial charge in [0.15, 0.2) is 0 Å². The van der Waals surface area contributed by atoms with Gasteiger partial charge in [-0.2, -0.15) is 0 Å². The van der Waals surface area contributed by atoms with E-state index in [2.05, 4.69) is 10.6 Å². The zero-order valence-corrected chi connectivity index (χ0v) is 13.0. The van der Waals surface area contributed by atoms with Gasteiger partial charge in [-0.25, -0.2) is 8.78 Å². The molecule has 124 valence electrons. The van der Waals surface area contributed by atoms with Gasteiger partial charge in [-0.1, -0.05) is 18.2 Å². The van der Waals surface area contributed by atoms with Gasteiger partial charge in [-0.15, -0.1) is 0 Å². The van der Waals surface area contributed by atoms with Crippen LogP contribution in [0.2, 0.25) is 0 Å². The van der Waals surface area contributed by atoms with Crippen LogP contribution in [-0.2, 0) is 9.59 Å². The van der Waals surface area contributed by atoms with Crippen molar-refractivity contribution in [1.82, 2.24) is 0 Å². The van der Waals surface area contributed by atoms with Gasteiger partial charge in [0.1, 0.15) is 11.6 Å². The number of benzene rings is 2. The molecule has 0 heterocycles. The van der Waals surface area contributed by atoms with Gasteiger partial charge in [0.2, 0.25) is 11.8 Å². The van der Waals surface area contributed by atoms with Gasteiger partial charge in [0, 0.05) is 18.5 Å². The van der Waals surface area contributed by atoms with Crippen LogP contribution in [0.4, 0.5) is 20.2 Å². The Bertz CT molecular complexity index is 807. The molecule has 0 radical (unpaired) electrons. The Labute approximate surface area is 137 Å². The normalized spacial score (nSPS) is 18.8. The fourth-order valence-corrected chi connectivity index (χ4v) is 2.73. The van der Waals surface area contributed by atoms with E-state index < -0.39 is 5.82 Å². The summed E-state index contributed by atoms with van der Waals surface area (Å²) in [5.41, 5.74) is 0.885. The number of amides is 2. The van der Waals surface area contributed by atoms with Crippen LogP contribution in [0.25, 0.3) is 0 Å². The van der Waals surface area contributed by atoms with Crippen LogP contribution in [0.3, 0.4) is 0 Å². The lowest BCUT2D eigenvalue weighted by Crippen LogP contribution is -2.16. The molecule has 1 fully saturated rings. The molecular formula is C18H16F2N2O2. The van der Waals surface area contributed by atoms with Gasteiger partial charge in [0.25, 0.3) is 0 Å². The molecule has 2 aromatic rings. The summed E-state index contributed by atoms with van der Waals surface area (Å²) in [6, 6.07) is 10.3. The predicted molar refractivity (Wildman–Crippen MR) is 86.6 cm³/mol. The molecule has 2 atom stereocenters. The number of halogens is 2. The molecule has 1 aliphatic rings. The number of rotatable bonds is 4. The zero-order valence-electron chi connectivity index (χ0n) is 13.0. The first kappa shape index (κ1) is 16.1. The van der Waals surface area contributed by atoms with Gasteiger partial charge < -0.3 is 10.6 Å². The molecule has 3 rings (SSSR count). The highest BCUT2D eigenvalue weighted by molar-refractivity contribution is 5.96. The monoisotopic (exact) mass is 330 g/mol. The van der Waals surface area contributed by atoms with E-state index in [1.165, 1.54) is 31.2 Å². The van der Waals surface area contributed by atoms with E-state index in [-0.39, 0.29) is 35.2 Å². The predicted octanol–water partition coefficient (Wildman–Crippen LogP) is 3.67. The topological polar surface area (TPSA) is 58.2 Å². The van der Waals surface area contributed by atoms with Gasteiger partial charge in [0.05, 0.1) is 5.69 Å². The lowest BCUT2D eigenvalue weighted by atomic mass is 10.1. The summed E-state index contributed by atoms with van der Waals surface area (Å²) in [6.07, 6.45) is 0.528. The minimum atomic E-state index is -0.597. The number of nitrogens with one attached hydrogen (secondary N) is 2. The van der Waals surface area contributed by atoms with Crippen molar-refractivity contribution in [3.05, 3.63) is 59.7 Å². The minimum Gasteiger partial charge on any atom is -0.326 e. The van der Waals surface area contributed by atoms with Crippen LogP contribution in [0.5, 0.6) is 0 Å². The van der Waals surface area contributed by atoms with Crippen molar-refractivity contribution in [3.63, 3.8) is 0 Å². The van der Waals surface area contributed by atoms with Crippen molar-refractivity contribution in [2.75, 3.05) is 10.6 Å². The summed E-state index contributed by atoms with van der Waals surface area (Å²) >= 11 is 0. The third kappa shape index (κ3) is 3.42. The Hall–Kier alpha value is -2.76. The fourth-order valence-electron chi connectivity index (χ4n) is 2.73. The van der Waals surface area contributed by atoms with Crippen LogP contribution >= 0.6 is 0 Å². The minimum absolute atomic E-state index is 0.00886. The smallest absolute Gasteiger partial charge is 0.228 e. The number of hydrogen-bond donors (Lipinski definition) is 2. The average Bonchev–Trinajstić information content (AvgIpc) is 3.31. The first-order valence-electron chi connectivity index (χ1n) is 7.58. The Morgan fingerprint density at radius 1 is 1.04 bits per heavy atom. The second-order valence-electron chi connectivity index (χ2n) is 5.84. The van der Waals surface area contributed by atoms with Crippen molar-refractivity contribution in [2.45, 2.75) is 19.3 Å². The summed E-state index contributed by atoms with van der Waals surface area (Å²) < 4.78 is 27.6. The molecule has 0 saturated heterocycles. The van der Waals surface area contributed by atoms with E-state index in [0.29, 0.717) is 17.7 Å². The molecule has 1 saturated carbocycles. The molecule has 2 aromatic carbocycles. The number of hydrogen-bond acceptors (Lipinski definition) is 2. The molecule has 6 heteroatoms. The summed E-state index contributed by atoms with van der Waals surface area (Å²) in [6.45, 7) is 1.34. The molecule has 0 aliphatic heterocycles. The van der Waals surface area contributed by atoms with Crippen LogP contribution in [0.15, 0.2) is 42.5 Å². The van der Waals surface area contributed by atoms with E-state index in [1.807, 2.05) is 0 Å². The quantitative estimate of drug-likeness (QED) is 0.899. The lowest BCUT2D eigenvalue weighted by Gasteiger charge is -2.09. The van der Waals surface area contributed by atoms with Crippen molar-refractivity contribution >= 4 is 23.2 Å². The number of carbonyl (C=O) groups is 2. The first-order valence-corrected chi connectivity index (χ1v) is 7.58. The third-order valence-electron chi connectivity index (χ3n) is 3.98. The van der Waals surface area contributed by atoms with Crippen LogP contribution in [0.1, 0.15) is 24.8 Å². The molecule has 1 aliphatic carbocycles. The van der Waals surface area contributed by atoms with E-state index in [0.717, 1.165) is 0 Å². The highest BCUT2D eigenvalue weighted by atomic mass is 19.1. The average molecular weight is 330 g/mol. The van der Waals surface area contributed by atoms with Crippen LogP contribution < -0.4 is 10.6 Å². The highest BCUT2D eigenvalue weighted by Crippen LogP contribution is 2.48. The standard InChI is InChI=1S/C18H16F2N2O2/c1-10(23)21-11-6-7-16(20)17(8-11)22-18(24)14-9-13(14)12-4-2-3-5-15(12)19/h2-8,13-14H,9H2,1H3,(H,21,23)(H,22,24). The molecular weight excluding hydrogens is 314 g/mol. The van der Waals surface area contributed by atoms with Gasteiger partial charge in [-0.05, 0) is 42.2 Å². The van der Waals surface area contributed by atoms with Crippen LogP contribution in [-0.4, -0.2) is 11.8 Å². The largest absolute Gasteiger partial charge is 0.326 e. The van der Waals surface area contributed by atoms with E-state index >= 15 is 0 Å². The van der Waals surface area contributed by atoms with E-state index in [9.17, 15) is 18.4 Å². The van der Waals surface area contributed by atoms with Crippen molar-refractivity contribution < 1.29 is 18.4 Å². The molecule has 0 spiro atoms. The van der Waals surface area contributed by atoms with E-state index in [1.54, 1.807) is 18.2 Å². The maximum Gasteiger partial charge on any atom is 0.228 e. The molecule has 2 unspecified atom stereocenters. The molecule has 24 heavy (non-hydrogen) atoms. The fraction of sp³-hybridized carbons (Fsp3) is 0.222. The highest BCUT2D eigenvalue weighted by Gasteiger charge is 2.45. The Kier molecular flexibility index (Phi) is 4.29. The molecule has 0 bridgehead atoms. The molecule has 2 N–H and O–H groups in total. The van der Waals surface area contributed by atoms with Crippen LogP contribution in [0, 0.1) is 17.6 Å². The molecule has 4 nitrogen and oxygen atoms in total. The Morgan fingerprint density at radius 2 is 1.79 bits per heavy atom. The molecule has 0 aromatic heterocycles. The van der Waals surface area contributed by atoms with Gasteiger partial charge in [-0.3, -0.25) is 9.59 Å². The summed E-state index contributed by atoms with van der Waals surface area (Å²) in [7, 11) is 0. The maximum atomic E-state index is 13.8. The summed E-state index contributed by atoms with van der Waals surface area (Å²) in [5.74, 6) is -2.15. The van der Waals surface area contributed by atoms with Crippen molar-refractivity contribution in [1.29, 1.82) is 0 Å². The van der Waals surface area contributed by atoms with E-state index in [4.69, 9.17) is 0 Å². The van der Waals surface area contributed by atoms with Gasteiger partial charge >= 0.3 is 0 Å². The second kappa shape index (κ2) is 6.39. The second-order valence-corrected chi connectivity index (χ2v) is 5.84. The number of carbonyl (C=O) groups excluding carboxylic acids is 2.